The Kier molecular flexibility index (Phi) is 3.61. The van der Waals surface area contributed by atoms with E-state index in [2.05, 4.69) is 26.2 Å². The van der Waals surface area contributed by atoms with Gasteiger partial charge in [-0.25, -0.2) is 13.8 Å². The lowest BCUT2D eigenvalue weighted by Gasteiger charge is -2.11. The molecule has 1 N–H and O–H groups in total. The largest absolute Gasteiger partial charge is 0.334 e. The van der Waals surface area contributed by atoms with Crippen molar-refractivity contribution in [1.82, 2.24) is 4.98 Å². The van der Waals surface area contributed by atoms with E-state index >= 15 is 0 Å². The van der Waals surface area contributed by atoms with Gasteiger partial charge in [-0.15, -0.1) is 0 Å². The lowest BCUT2D eigenvalue weighted by atomic mass is 10.2. The van der Waals surface area contributed by atoms with Gasteiger partial charge in [0.1, 0.15) is 17.3 Å². The van der Waals surface area contributed by atoms with E-state index in [0.29, 0.717) is 15.9 Å². The molecule has 2 nitrogen and oxygen atoms in total. The maximum atomic E-state index is 13.8. The minimum Gasteiger partial charge on any atom is -0.334 e. The van der Waals surface area contributed by atoms with Gasteiger partial charge in [0.15, 0.2) is 5.82 Å². The number of hydrogen-bond acceptors (Lipinski definition) is 2. The number of hydrogen-bond donors (Lipinski definition) is 1. The summed E-state index contributed by atoms with van der Waals surface area (Å²) in [7, 11) is 0. The zero-order chi connectivity index (χ0) is 13.3. The molecule has 5 heteroatoms. The Morgan fingerprint density at radius 3 is 2.56 bits per heavy atom. The molecule has 0 fully saturated rings. The molecule has 2 rings (SSSR count). The van der Waals surface area contributed by atoms with Crippen molar-refractivity contribution < 1.29 is 8.78 Å². The Labute approximate surface area is 112 Å². The van der Waals surface area contributed by atoms with Gasteiger partial charge in [-0.1, -0.05) is 6.07 Å². The summed E-state index contributed by atoms with van der Waals surface area (Å²) < 4.78 is 28.1. The van der Waals surface area contributed by atoms with E-state index in [4.69, 9.17) is 0 Å². The van der Waals surface area contributed by atoms with E-state index in [1.807, 2.05) is 6.92 Å². The Balaban J connectivity index is 2.46. The summed E-state index contributed by atoms with van der Waals surface area (Å²) in [4.78, 5) is 4.05. The smallest absolute Gasteiger partial charge is 0.152 e. The van der Waals surface area contributed by atoms with Crippen molar-refractivity contribution in [1.29, 1.82) is 0 Å². The normalized spacial score (nSPS) is 10.5. The molecule has 0 atom stereocenters. The van der Waals surface area contributed by atoms with Crippen LogP contribution in [0.1, 0.15) is 11.1 Å². The van der Waals surface area contributed by atoms with Gasteiger partial charge in [0, 0.05) is 6.20 Å². The number of nitrogens with one attached hydrogen (secondary N) is 1. The van der Waals surface area contributed by atoms with Crippen LogP contribution in [0, 0.1) is 25.5 Å². The molecule has 0 radical (unpaired) electrons. The van der Waals surface area contributed by atoms with Crippen LogP contribution in [0.4, 0.5) is 20.3 Å². The van der Waals surface area contributed by atoms with Crippen molar-refractivity contribution >= 4 is 27.4 Å². The number of rotatable bonds is 2. The van der Waals surface area contributed by atoms with Crippen LogP contribution < -0.4 is 5.32 Å². The molecule has 0 amide bonds. The second kappa shape index (κ2) is 5.02. The van der Waals surface area contributed by atoms with Crippen LogP contribution in [0.5, 0.6) is 0 Å². The summed E-state index contributed by atoms with van der Waals surface area (Å²) in [5, 5.41) is 2.68. The van der Waals surface area contributed by atoms with Crippen molar-refractivity contribution in [3.63, 3.8) is 0 Å². The maximum absolute atomic E-state index is 13.8. The first-order chi connectivity index (χ1) is 8.50. The van der Waals surface area contributed by atoms with Crippen LogP contribution in [0.3, 0.4) is 0 Å². The third-order valence-electron chi connectivity index (χ3n) is 2.61. The summed E-state index contributed by atoms with van der Waals surface area (Å²) in [5.74, 6) is -0.864. The average molecular weight is 313 g/mol. The topological polar surface area (TPSA) is 24.9 Å². The number of pyridine rings is 1. The van der Waals surface area contributed by atoms with Gasteiger partial charge in [-0.2, -0.15) is 0 Å². The van der Waals surface area contributed by atoms with Crippen LogP contribution >= 0.6 is 15.9 Å². The summed E-state index contributed by atoms with van der Waals surface area (Å²) in [6.45, 7) is 3.46. The van der Waals surface area contributed by atoms with Crippen LogP contribution in [-0.4, -0.2) is 4.98 Å². The fourth-order valence-electron chi connectivity index (χ4n) is 1.52. The number of halogens is 3. The molecular formula is C13H11BrF2N2. The SMILES string of the molecule is Cc1ccc(F)c(Nc2nccc(C)c2Br)c1F. The molecule has 0 bridgehead atoms. The maximum Gasteiger partial charge on any atom is 0.152 e. The molecule has 1 heterocycles. The minimum absolute atomic E-state index is 0.186. The molecule has 0 saturated heterocycles. The number of nitrogens with zero attached hydrogens (tertiary/aromatic N) is 1. The molecular weight excluding hydrogens is 302 g/mol. The Morgan fingerprint density at radius 2 is 1.83 bits per heavy atom. The highest BCUT2D eigenvalue weighted by atomic mass is 79.9. The molecule has 1 aromatic carbocycles. The van der Waals surface area contributed by atoms with Gasteiger partial charge in [-0.05, 0) is 53.0 Å². The van der Waals surface area contributed by atoms with E-state index in [1.54, 1.807) is 19.2 Å². The first-order valence-corrected chi connectivity index (χ1v) is 6.12. The summed E-state index contributed by atoms with van der Waals surface area (Å²) >= 11 is 3.34. The zero-order valence-corrected chi connectivity index (χ0v) is 11.5. The first-order valence-electron chi connectivity index (χ1n) is 5.33. The van der Waals surface area contributed by atoms with Crippen molar-refractivity contribution in [2.24, 2.45) is 0 Å². The third kappa shape index (κ3) is 2.36. The molecule has 0 spiro atoms. The fourth-order valence-corrected chi connectivity index (χ4v) is 1.85. The fraction of sp³-hybridized carbons (Fsp3) is 0.154. The van der Waals surface area contributed by atoms with Gasteiger partial charge >= 0.3 is 0 Å². The highest BCUT2D eigenvalue weighted by molar-refractivity contribution is 9.10. The number of aryl methyl sites for hydroxylation is 2. The summed E-state index contributed by atoms with van der Waals surface area (Å²) in [5.41, 5.74) is 1.12. The third-order valence-corrected chi connectivity index (χ3v) is 3.61. The molecule has 0 unspecified atom stereocenters. The zero-order valence-electron chi connectivity index (χ0n) is 9.89. The number of anilines is 2. The first kappa shape index (κ1) is 13.0. The van der Waals surface area contributed by atoms with Crippen LogP contribution in [-0.2, 0) is 0 Å². The van der Waals surface area contributed by atoms with E-state index in [1.165, 1.54) is 12.1 Å². The summed E-state index contributed by atoms with van der Waals surface area (Å²) in [6, 6.07) is 4.43. The number of benzene rings is 1. The molecule has 0 aliphatic heterocycles. The van der Waals surface area contributed by atoms with Crippen molar-refractivity contribution in [3.05, 3.63) is 51.6 Å². The monoisotopic (exact) mass is 312 g/mol. The van der Waals surface area contributed by atoms with Crippen LogP contribution in [0.25, 0.3) is 0 Å². The van der Waals surface area contributed by atoms with E-state index in [-0.39, 0.29) is 5.69 Å². The molecule has 2 aromatic rings. The molecule has 0 aliphatic carbocycles. The molecule has 1 aromatic heterocycles. The predicted octanol–water partition coefficient (Wildman–Crippen LogP) is 4.48. The Bertz CT molecular complexity index is 600. The second-order valence-corrected chi connectivity index (χ2v) is 4.76. The van der Waals surface area contributed by atoms with Gasteiger partial charge in [0.05, 0.1) is 4.47 Å². The highest BCUT2D eigenvalue weighted by Gasteiger charge is 2.13. The highest BCUT2D eigenvalue weighted by Crippen LogP contribution is 2.29. The van der Waals surface area contributed by atoms with Crippen LogP contribution in [0.2, 0.25) is 0 Å². The van der Waals surface area contributed by atoms with Crippen molar-refractivity contribution in [3.8, 4) is 0 Å². The van der Waals surface area contributed by atoms with Gasteiger partial charge in [0.25, 0.3) is 0 Å². The predicted molar refractivity (Wildman–Crippen MR) is 71.1 cm³/mol. The van der Waals surface area contributed by atoms with Gasteiger partial charge in [-0.3, -0.25) is 0 Å². The lowest BCUT2D eigenvalue weighted by molar-refractivity contribution is 0.584. The lowest BCUT2D eigenvalue weighted by Crippen LogP contribution is -2.02. The summed E-state index contributed by atoms with van der Waals surface area (Å²) in [6.07, 6.45) is 1.58. The quantitative estimate of drug-likeness (QED) is 0.884. The molecule has 0 aliphatic rings. The van der Waals surface area contributed by atoms with Crippen molar-refractivity contribution in [2.45, 2.75) is 13.8 Å². The van der Waals surface area contributed by atoms with Crippen LogP contribution in [0.15, 0.2) is 28.9 Å². The van der Waals surface area contributed by atoms with Gasteiger partial charge in [0.2, 0.25) is 0 Å². The van der Waals surface area contributed by atoms with Crippen molar-refractivity contribution in [2.75, 3.05) is 5.32 Å². The average Bonchev–Trinajstić information content (AvgIpc) is 2.35. The Hall–Kier alpha value is -1.49. The number of aromatic nitrogens is 1. The minimum atomic E-state index is -0.645. The van der Waals surface area contributed by atoms with E-state index < -0.39 is 11.6 Å². The van der Waals surface area contributed by atoms with Gasteiger partial charge < -0.3 is 5.32 Å². The molecule has 94 valence electrons. The van der Waals surface area contributed by atoms with E-state index in [0.717, 1.165) is 5.56 Å². The molecule has 18 heavy (non-hydrogen) atoms. The van der Waals surface area contributed by atoms with E-state index in [9.17, 15) is 8.78 Å². The Morgan fingerprint density at radius 1 is 1.11 bits per heavy atom. The second-order valence-electron chi connectivity index (χ2n) is 3.97. The standard InChI is InChI=1S/C13H11BrF2N2/c1-7-5-6-17-13(10(7)14)18-12-9(15)4-3-8(2)11(12)16/h3-6H,1-2H3,(H,17,18). The molecule has 0 saturated carbocycles.